The number of rotatable bonds is 13. The minimum atomic E-state index is -1.09. The third-order valence-corrected chi connectivity index (χ3v) is 7.49. The normalized spacial score (nSPS) is 15.5. The van der Waals surface area contributed by atoms with E-state index in [-0.39, 0.29) is 30.8 Å². The fourth-order valence-corrected chi connectivity index (χ4v) is 5.23. The lowest BCUT2D eigenvalue weighted by Crippen LogP contribution is -2.59. The standard InChI is InChI=1S/C32H44N4O5/c1-23(2)29(35(4)31(39)26(33-3)20-24-14-8-5-9-15-24)30(38)34-27(32(40)36-18-12-7-13-19-36)21-28(37)41-22-25-16-10-6-11-17-25/h5-6,8-11,14-17,23,26-27,29,33H,7,12-13,18-22H2,1-4H3,(H,34,38)/t26?,27-,29-/m0/s1. The van der Waals surface area contributed by atoms with Gasteiger partial charge in [-0.2, -0.15) is 0 Å². The molecule has 1 heterocycles. The van der Waals surface area contributed by atoms with Crippen molar-refractivity contribution in [3.8, 4) is 0 Å². The summed E-state index contributed by atoms with van der Waals surface area (Å²) in [5, 5.41) is 5.90. The molecular weight excluding hydrogens is 520 g/mol. The van der Waals surface area contributed by atoms with Crippen LogP contribution in [0.4, 0.5) is 0 Å². The van der Waals surface area contributed by atoms with Crippen LogP contribution >= 0.6 is 0 Å². The average molecular weight is 565 g/mol. The van der Waals surface area contributed by atoms with Crippen molar-refractivity contribution in [2.24, 2.45) is 5.92 Å². The quantitative estimate of drug-likeness (QED) is 0.362. The summed E-state index contributed by atoms with van der Waals surface area (Å²) in [5.74, 6) is -1.83. The third-order valence-electron chi connectivity index (χ3n) is 7.49. The van der Waals surface area contributed by atoms with Crippen molar-refractivity contribution >= 4 is 23.7 Å². The first-order valence-electron chi connectivity index (χ1n) is 14.5. The minimum absolute atomic E-state index is 0.0803. The average Bonchev–Trinajstić information content (AvgIpc) is 2.99. The maximum Gasteiger partial charge on any atom is 0.308 e. The number of carbonyl (C=O) groups is 4. The zero-order valence-corrected chi connectivity index (χ0v) is 24.7. The van der Waals surface area contributed by atoms with Crippen molar-refractivity contribution in [3.05, 3.63) is 71.8 Å². The smallest absolute Gasteiger partial charge is 0.308 e. The molecule has 1 aliphatic heterocycles. The number of esters is 1. The molecule has 0 aliphatic carbocycles. The molecule has 2 aromatic carbocycles. The first kappa shape index (κ1) is 31.8. The van der Waals surface area contributed by atoms with Crippen molar-refractivity contribution in [1.82, 2.24) is 20.4 Å². The lowest BCUT2D eigenvalue weighted by Gasteiger charge is -2.35. The van der Waals surface area contributed by atoms with Crippen LogP contribution in [-0.2, 0) is 36.9 Å². The van der Waals surface area contributed by atoms with Gasteiger partial charge in [-0.15, -0.1) is 0 Å². The van der Waals surface area contributed by atoms with E-state index in [0.717, 1.165) is 30.4 Å². The van der Waals surface area contributed by atoms with Crippen molar-refractivity contribution in [1.29, 1.82) is 0 Å². The molecule has 3 amide bonds. The number of ether oxygens (including phenoxy) is 1. The van der Waals surface area contributed by atoms with E-state index in [2.05, 4.69) is 10.6 Å². The molecule has 0 radical (unpaired) electrons. The van der Waals surface area contributed by atoms with Crippen molar-refractivity contribution in [3.63, 3.8) is 0 Å². The molecule has 41 heavy (non-hydrogen) atoms. The fraction of sp³-hybridized carbons (Fsp3) is 0.500. The summed E-state index contributed by atoms with van der Waals surface area (Å²) in [7, 11) is 3.33. The van der Waals surface area contributed by atoms with Gasteiger partial charge < -0.3 is 25.2 Å². The topological polar surface area (TPSA) is 108 Å². The van der Waals surface area contributed by atoms with Gasteiger partial charge in [0.25, 0.3) is 0 Å². The Morgan fingerprint density at radius 3 is 2.02 bits per heavy atom. The van der Waals surface area contributed by atoms with Crippen LogP contribution in [0.1, 0.15) is 50.7 Å². The SMILES string of the molecule is CNC(Cc1ccccc1)C(=O)N(C)[C@H](C(=O)N[C@@H](CC(=O)OCc1ccccc1)C(=O)N1CCCCC1)C(C)C. The number of nitrogens with zero attached hydrogens (tertiary/aromatic N) is 2. The van der Waals surface area contributed by atoms with Crippen LogP contribution in [0.15, 0.2) is 60.7 Å². The highest BCUT2D eigenvalue weighted by Gasteiger charge is 2.36. The second kappa shape index (κ2) is 15.9. The number of benzene rings is 2. The molecule has 1 unspecified atom stereocenters. The summed E-state index contributed by atoms with van der Waals surface area (Å²) in [4.78, 5) is 56.7. The highest BCUT2D eigenvalue weighted by Crippen LogP contribution is 2.16. The molecule has 1 aliphatic rings. The molecule has 9 nitrogen and oxygen atoms in total. The molecule has 2 N–H and O–H groups in total. The Morgan fingerprint density at radius 2 is 1.46 bits per heavy atom. The first-order valence-corrected chi connectivity index (χ1v) is 14.5. The number of carbonyl (C=O) groups excluding carboxylic acids is 4. The van der Waals surface area contributed by atoms with Crippen LogP contribution < -0.4 is 10.6 Å². The Balaban J connectivity index is 1.73. The van der Waals surface area contributed by atoms with Gasteiger partial charge in [-0.25, -0.2) is 0 Å². The lowest BCUT2D eigenvalue weighted by atomic mass is 9.98. The second-order valence-corrected chi connectivity index (χ2v) is 11.0. The summed E-state index contributed by atoms with van der Waals surface area (Å²) >= 11 is 0. The molecule has 222 valence electrons. The Hall–Kier alpha value is -3.72. The first-order chi connectivity index (χ1) is 19.7. The van der Waals surface area contributed by atoms with Crippen molar-refractivity contribution in [2.75, 3.05) is 27.2 Å². The predicted octanol–water partition coefficient (Wildman–Crippen LogP) is 2.93. The van der Waals surface area contributed by atoms with Crippen molar-refractivity contribution < 1.29 is 23.9 Å². The second-order valence-electron chi connectivity index (χ2n) is 11.0. The van der Waals surface area contributed by atoms with Crippen LogP contribution in [-0.4, -0.2) is 78.8 Å². The number of hydrogen-bond acceptors (Lipinski definition) is 6. The van der Waals surface area contributed by atoms with E-state index in [1.807, 2.05) is 74.5 Å². The van der Waals surface area contributed by atoms with E-state index in [9.17, 15) is 19.2 Å². The predicted molar refractivity (Wildman–Crippen MR) is 158 cm³/mol. The number of hydrogen-bond donors (Lipinski definition) is 2. The molecule has 2 aromatic rings. The van der Waals surface area contributed by atoms with Gasteiger partial charge >= 0.3 is 5.97 Å². The molecular formula is C32H44N4O5. The van der Waals surface area contributed by atoms with Crippen LogP contribution in [0.5, 0.6) is 0 Å². The molecule has 0 aromatic heterocycles. The number of likely N-dealkylation sites (tertiary alicyclic amines) is 1. The van der Waals surface area contributed by atoms with Crippen molar-refractivity contribution in [2.45, 2.75) is 70.7 Å². The summed E-state index contributed by atoms with van der Waals surface area (Å²) < 4.78 is 5.44. The summed E-state index contributed by atoms with van der Waals surface area (Å²) in [6.07, 6.45) is 2.98. The molecule has 1 fully saturated rings. The van der Waals surface area contributed by atoms with Crippen LogP contribution in [0.3, 0.4) is 0 Å². The van der Waals surface area contributed by atoms with Crippen LogP contribution in [0.2, 0.25) is 0 Å². The Bertz CT molecular complexity index is 1140. The summed E-state index contributed by atoms with van der Waals surface area (Å²) in [6.45, 7) is 4.96. The highest BCUT2D eigenvalue weighted by molar-refractivity contribution is 5.94. The van der Waals surface area contributed by atoms with Gasteiger partial charge in [0.1, 0.15) is 18.7 Å². The van der Waals surface area contributed by atoms with Crippen LogP contribution in [0, 0.1) is 5.92 Å². The molecule has 1 saturated heterocycles. The molecule has 3 atom stereocenters. The van der Waals surface area contributed by atoms with E-state index in [0.29, 0.717) is 19.5 Å². The molecule has 9 heteroatoms. The fourth-order valence-electron chi connectivity index (χ4n) is 5.23. The van der Waals surface area contributed by atoms with E-state index in [4.69, 9.17) is 4.74 Å². The largest absolute Gasteiger partial charge is 0.461 e. The zero-order valence-electron chi connectivity index (χ0n) is 24.7. The van der Waals surface area contributed by atoms with E-state index in [1.54, 1.807) is 19.0 Å². The Morgan fingerprint density at radius 1 is 0.878 bits per heavy atom. The van der Waals surface area contributed by atoms with Gasteiger partial charge in [0.2, 0.25) is 17.7 Å². The van der Waals surface area contributed by atoms with Gasteiger partial charge in [-0.3, -0.25) is 19.2 Å². The zero-order chi connectivity index (χ0) is 29.8. The van der Waals surface area contributed by atoms with E-state index < -0.39 is 30.0 Å². The van der Waals surface area contributed by atoms with E-state index in [1.165, 1.54) is 4.90 Å². The Labute approximate surface area is 243 Å². The molecule has 0 saturated carbocycles. The van der Waals surface area contributed by atoms with Gasteiger partial charge in [0, 0.05) is 20.1 Å². The Kier molecular flexibility index (Phi) is 12.3. The monoisotopic (exact) mass is 564 g/mol. The molecule has 3 rings (SSSR count). The number of piperidine rings is 1. The molecule has 0 spiro atoms. The number of amides is 3. The lowest BCUT2D eigenvalue weighted by molar-refractivity contribution is -0.150. The summed E-state index contributed by atoms with van der Waals surface area (Å²) in [6, 6.07) is 16.5. The number of likely N-dealkylation sites (N-methyl/N-ethyl adjacent to an activating group) is 2. The highest BCUT2D eigenvalue weighted by atomic mass is 16.5. The molecule has 0 bridgehead atoms. The minimum Gasteiger partial charge on any atom is -0.461 e. The maximum atomic E-state index is 13.7. The van der Waals surface area contributed by atoms with Gasteiger partial charge in [0.15, 0.2) is 0 Å². The van der Waals surface area contributed by atoms with Gasteiger partial charge in [-0.1, -0.05) is 74.5 Å². The maximum absolute atomic E-state index is 13.7. The number of nitrogens with one attached hydrogen (secondary N) is 2. The van der Waals surface area contributed by atoms with Gasteiger partial charge in [0.05, 0.1) is 12.5 Å². The van der Waals surface area contributed by atoms with Gasteiger partial charge in [-0.05, 0) is 49.8 Å². The third kappa shape index (κ3) is 9.42. The summed E-state index contributed by atoms with van der Waals surface area (Å²) in [5.41, 5.74) is 1.83. The van der Waals surface area contributed by atoms with E-state index >= 15 is 0 Å². The van der Waals surface area contributed by atoms with Crippen LogP contribution in [0.25, 0.3) is 0 Å².